The summed E-state index contributed by atoms with van der Waals surface area (Å²) in [4.78, 5) is 0. The standard InChI is InChI=1S/C16H19NO2/c17-9-8-16(6-7-16)11-19-13-5-4-12-2-1-3-15(18)14(12)10-13/h4-5,10,15,18H,1-3,6-8,11H2/t15-/m0/s1. The molecule has 0 aliphatic heterocycles. The number of aliphatic hydroxyl groups is 1. The van der Waals surface area contributed by atoms with Gasteiger partial charge in [-0.1, -0.05) is 6.07 Å². The summed E-state index contributed by atoms with van der Waals surface area (Å²) in [6, 6.07) is 8.27. The average Bonchev–Trinajstić information content (AvgIpc) is 3.18. The molecule has 0 bridgehead atoms. The Morgan fingerprint density at radius 2 is 2.26 bits per heavy atom. The lowest BCUT2D eigenvalue weighted by Gasteiger charge is -2.22. The second-order valence-corrected chi connectivity index (χ2v) is 5.89. The van der Waals surface area contributed by atoms with Crippen LogP contribution in [0.3, 0.4) is 0 Å². The van der Waals surface area contributed by atoms with Gasteiger partial charge in [-0.15, -0.1) is 0 Å². The Morgan fingerprint density at radius 1 is 1.42 bits per heavy atom. The van der Waals surface area contributed by atoms with Crippen LogP contribution in [-0.2, 0) is 6.42 Å². The number of hydrogen-bond acceptors (Lipinski definition) is 3. The van der Waals surface area contributed by atoms with Gasteiger partial charge in [-0.2, -0.15) is 5.26 Å². The number of aliphatic hydroxyl groups excluding tert-OH is 1. The van der Waals surface area contributed by atoms with Crippen molar-refractivity contribution in [1.29, 1.82) is 5.26 Å². The number of fused-ring (bicyclic) bond motifs is 1. The van der Waals surface area contributed by atoms with E-state index in [1.165, 1.54) is 5.56 Å². The van der Waals surface area contributed by atoms with Gasteiger partial charge in [-0.05, 0) is 55.4 Å². The smallest absolute Gasteiger partial charge is 0.119 e. The zero-order valence-corrected chi connectivity index (χ0v) is 11.1. The third-order valence-electron chi connectivity index (χ3n) is 4.36. The monoisotopic (exact) mass is 257 g/mol. The topological polar surface area (TPSA) is 53.2 Å². The van der Waals surface area contributed by atoms with Gasteiger partial charge in [-0.3, -0.25) is 0 Å². The Balaban J connectivity index is 1.69. The number of hydrogen-bond donors (Lipinski definition) is 1. The summed E-state index contributed by atoms with van der Waals surface area (Å²) in [7, 11) is 0. The first-order valence-electron chi connectivity index (χ1n) is 7.03. The van der Waals surface area contributed by atoms with E-state index < -0.39 is 0 Å². The van der Waals surface area contributed by atoms with Crippen molar-refractivity contribution in [3.8, 4) is 11.8 Å². The molecular weight excluding hydrogens is 238 g/mol. The van der Waals surface area contributed by atoms with E-state index in [9.17, 15) is 5.11 Å². The molecule has 1 aromatic rings. The molecule has 1 saturated carbocycles. The predicted octanol–water partition coefficient (Wildman–Crippen LogP) is 3.13. The summed E-state index contributed by atoms with van der Waals surface area (Å²) in [6.07, 6.45) is 5.36. The summed E-state index contributed by atoms with van der Waals surface area (Å²) < 4.78 is 5.84. The Morgan fingerprint density at radius 3 is 3.00 bits per heavy atom. The van der Waals surface area contributed by atoms with Crippen molar-refractivity contribution in [2.24, 2.45) is 5.41 Å². The van der Waals surface area contributed by atoms with E-state index in [1.54, 1.807) is 0 Å². The van der Waals surface area contributed by atoms with Gasteiger partial charge in [0.25, 0.3) is 0 Å². The number of benzene rings is 1. The van der Waals surface area contributed by atoms with Crippen LogP contribution in [0.4, 0.5) is 0 Å². The summed E-state index contributed by atoms with van der Waals surface area (Å²) in [5, 5.41) is 18.8. The molecule has 0 saturated heterocycles. The van der Waals surface area contributed by atoms with Gasteiger partial charge >= 0.3 is 0 Å². The van der Waals surface area contributed by atoms with Crippen molar-refractivity contribution in [2.75, 3.05) is 6.61 Å². The molecule has 2 aliphatic carbocycles. The van der Waals surface area contributed by atoms with Gasteiger partial charge < -0.3 is 9.84 Å². The van der Waals surface area contributed by atoms with Crippen LogP contribution in [0.2, 0.25) is 0 Å². The van der Waals surface area contributed by atoms with Crippen LogP contribution in [0.1, 0.15) is 49.3 Å². The summed E-state index contributed by atoms with van der Waals surface area (Å²) in [5.41, 5.74) is 2.36. The maximum absolute atomic E-state index is 10.0. The number of nitriles is 1. The fraction of sp³-hybridized carbons (Fsp3) is 0.562. The van der Waals surface area contributed by atoms with Crippen LogP contribution >= 0.6 is 0 Å². The molecule has 3 rings (SSSR count). The minimum absolute atomic E-state index is 0.100. The molecule has 0 radical (unpaired) electrons. The molecular formula is C16H19NO2. The van der Waals surface area contributed by atoms with E-state index in [1.807, 2.05) is 12.1 Å². The normalized spacial score (nSPS) is 23.3. The first-order chi connectivity index (χ1) is 9.22. The van der Waals surface area contributed by atoms with Gasteiger partial charge in [0.1, 0.15) is 5.75 Å². The molecule has 3 heteroatoms. The Hall–Kier alpha value is -1.53. The lowest BCUT2D eigenvalue weighted by atomic mass is 9.89. The van der Waals surface area contributed by atoms with Crippen molar-refractivity contribution in [2.45, 2.75) is 44.6 Å². The van der Waals surface area contributed by atoms with Crippen LogP contribution in [0, 0.1) is 16.7 Å². The van der Waals surface area contributed by atoms with E-state index >= 15 is 0 Å². The highest BCUT2D eigenvalue weighted by Gasteiger charge is 2.43. The molecule has 0 heterocycles. The second kappa shape index (κ2) is 4.86. The quantitative estimate of drug-likeness (QED) is 0.901. The van der Waals surface area contributed by atoms with Crippen molar-refractivity contribution >= 4 is 0 Å². The minimum Gasteiger partial charge on any atom is -0.493 e. The molecule has 100 valence electrons. The Labute approximate surface area is 113 Å². The van der Waals surface area contributed by atoms with E-state index in [-0.39, 0.29) is 11.5 Å². The first-order valence-corrected chi connectivity index (χ1v) is 7.03. The predicted molar refractivity (Wildman–Crippen MR) is 71.7 cm³/mol. The van der Waals surface area contributed by atoms with Gasteiger partial charge in [0.15, 0.2) is 0 Å². The average molecular weight is 257 g/mol. The van der Waals surface area contributed by atoms with Crippen LogP contribution < -0.4 is 4.74 Å². The van der Waals surface area contributed by atoms with Gasteiger partial charge in [0.05, 0.1) is 18.8 Å². The van der Waals surface area contributed by atoms with Crippen molar-refractivity contribution in [3.05, 3.63) is 29.3 Å². The second-order valence-electron chi connectivity index (χ2n) is 5.89. The zero-order chi connectivity index (χ0) is 13.3. The number of aryl methyl sites for hydroxylation is 1. The fourth-order valence-electron chi connectivity index (χ4n) is 2.80. The highest BCUT2D eigenvalue weighted by atomic mass is 16.5. The van der Waals surface area contributed by atoms with Crippen molar-refractivity contribution < 1.29 is 9.84 Å². The molecule has 19 heavy (non-hydrogen) atoms. The third kappa shape index (κ3) is 2.59. The molecule has 0 aromatic heterocycles. The summed E-state index contributed by atoms with van der Waals surface area (Å²) in [6.45, 7) is 0.620. The van der Waals surface area contributed by atoms with Gasteiger partial charge in [0.2, 0.25) is 0 Å². The van der Waals surface area contributed by atoms with Crippen LogP contribution in [0.15, 0.2) is 18.2 Å². The SMILES string of the molecule is N#CCC1(COc2ccc3c(c2)[C@@H](O)CCC3)CC1. The van der Waals surface area contributed by atoms with E-state index in [4.69, 9.17) is 10.00 Å². The van der Waals surface area contributed by atoms with Crippen LogP contribution in [0.5, 0.6) is 5.75 Å². The minimum atomic E-state index is -0.346. The first kappa shape index (κ1) is 12.5. The summed E-state index contributed by atoms with van der Waals surface area (Å²) in [5.74, 6) is 0.823. The highest BCUT2D eigenvalue weighted by Crippen LogP contribution is 2.48. The summed E-state index contributed by atoms with van der Waals surface area (Å²) >= 11 is 0. The maximum atomic E-state index is 10.0. The number of ether oxygens (including phenoxy) is 1. The van der Waals surface area contributed by atoms with Crippen molar-refractivity contribution in [1.82, 2.24) is 0 Å². The highest BCUT2D eigenvalue weighted by molar-refractivity contribution is 5.38. The Bertz CT molecular complexity index is 514. The number of nitrogens with zero attached hydrogens (tertiary/aromatic N) is 1. The van der Waals surface area contributed by atoms with Gasteiger partial charge in [-0.25, -0.2) is 0 Å². The molecule has 1 fully saturated rings. The molecule has 0 spiro atoms. The van der Waals surface area contributed by atoms with E-state index in [0.29, 0.717) is 13.0 Å². The molecule has 0 amide bonds. The Kier molecular flexibility index (Phi) is 3.20. The molecule has 3 nitrogen and oxygen atoms in total. The zero-order valence-electron chi connectivity index (χ0n) is 11.1. The lowest BCUT2D eigenvalue weighted by molar-refractivity contribution is 0.155. The number of rotatable bonds is 4. The molecule has 2 aliphatic rings. The van der Waals surface area contributed by atoms with E-state index in [2.05, 4.69) is 12.1 Å². The van der Waals surface area contributed by atoms with Crippen LogP contribution in [0.25, 0.3) is 0 Å². The van der Waals surface area contributed by atoms with E-state index in [0.717, 1.165) is 43.4 Å². The maximum Gasteiger partial charge on any atom is 0.119 e. The molecule has 1 N–H and O–H groups in total. The molecule has 1 aromatic carbocycles. The molecule has 0 unspecified atom stereocenters. The molecule has 1 atom stereocenters. The van der Waals surface area contributed by atoms with Crippen molar-refractivity contribution in [3.63, 3.8) is 0 Å². The largest absolute Gasteiger partial charge is 0.493 e. The van der Waals surface area contributed by atoms with Gasteiger partial charge in [0, 0.05) is 11.8 Å². The fourth-order valence-corrected chi connectivity index (χ4v) is 2.80. The lowest BCUT2D eigenvalue weighted by Crippen LogP contribution is -2.13. The van der Waals surface area contributed by atoms with Crippen LogP contribution in [-0.4, -0.2) is 11.7 Å². The third-order valence-corrected chi connectivity index (χ3v) is 4.36.